The zero-order valence-electron chi connectivity index (χ0n) is 3.72. The zero-order valence-corrected chi connectivity index (χ0v) is 4.53. The van der Waals surface area contributed by atoms with E-state index >= 15 is 0 Å². The molecule has 1 nitrogen and oxygen atoms in total. The van der Waals surface area contributed by atoms with Crippen LogP contribution in [0.5, 0.6) is 0 Å². The predicted octanol–water partition coefficient (Wildman–Crippen LogP) is 1.52. The molecule has 0 atom stereocenters. The molecule has 0 unspecified atom stereocenters. The minimum absolute atomic E-state index is 1.42. The van der Waals surface area contributed by atoms with E-state index in [0.717, 1.165) is 0 Å². The Balaban J connectivity index is 2.94. The highest BCUT2D eigenvalue weighted by Gasteiger charge is 1.55. The molecule has 0 saturated carbocycles. The molecule has 0 fully saturated rings. The summed E-state index contributed by atoms with van der Waals surface area (Å²) >= 11 is 1.42. The molecule has 0 radical (unpaired) electrons. The highest BCUT2D eigenvalue weighted by atomic mass is 32.2. The molecule has 2 heteroatoms. The Morgan fingerprint density at radius 2 is 2.50 bits per heavy atom. The Morgan fingerprint density at radius 3 is 2.67 bits per heavy atom. The Kier molecular flexibility index (Phi) is 4.57. The van der Waals surface area contributed by atoms with Gasteiger partial charge in [0.05, 0.1) is 0 Å². The van der Waals surface area contributed by atoms with Gasteiger partial charge >= 0.3 is 0 Å². The largest absolute Gasteiger partial charge is 0.225 e. The molecule has 0 aromatic heterocycles. The van der Waals surface area contributed by atoms with E-state index in [-0.39, 0.29) is 0 Å². The summed E-state index contributed by atoms with van der Waals surface area (Å²) in [4.78, 5) is 0. The molecule has 0 aromatic rings. The van der Waals surface area contributed by atoms with Gasteiger partial charge in [0, 0.05) is 12.5 Å². The van der Waals surface area contributed by atoms with Crippen LogP contribution in [0.3, 0.4) is 0 Å². The van der Waals surface area contributed by atoms with Gasteiger partial charge in [-0.2, -0.15) is 0 Å². The van der Waals surface area contributed by atoms with Crippen molar-refractivity contribution >= 4 is 18.2 Å². The second-order valence-corrected chi connectivity index (χ2v) is 1.25. The average molecular weight is 101 g/mol. The molecule has 0 spiro atoms. The van der Waals surface area contributed by atoms with Crippen LogP contribution >= 0.6 is 11.9 Å². The molecular formula is C4H7NS. The van der Waals surface area contributed by atoms with Crippen LogP contribution in [0.4, 0.5) is 0 Å². The van der Waals surface area contributed by atoms with Crippen LogP contribution in [0.1, 0.15) is 0 Å². The molecule has 0 bridgehead atoms. The topological polar surface area (TPSA) is 12.4 Å². The first-order valence-corrected chi connectivity index (χ1v) is 2.77. The van der Waals surface area contributed by atoms with E-state index in [4.69, 9.17) is 0 Å². The second-order valence-electron chi connectivity index (χ2n) is 0.673. The molecule has 0 saturated heterocycles. The van der Waals surface area contributed by atoms with E-state index in [1.54, 1.807) is 12.3 Å². The Labute approximate surface area is 42.3 Å². The van der Waals surface area contributed by atoms with Crippen molar-refractivity contribution in [3.05, 3.63) is 12.7 Å². The Hall–Kier alpha value is -0.240. The van der Waals surface area contributed by atoms with Gasteiger partial charge in [0.2, 0.25) is 0 Å². The van der Waals surface area contributed by atoms with Gasteiger partial charge in [-0.25, -0.2) is 4.40 Å². The summed E-state index contributed by atoms with van der Waals surface area (Å²) in [6, 6.07) is 0. The van der Waals surface area contributed by atoms with E-state index in [9.17, 15) is 0 Å². The summed E-state index contributed by atoms with van der Waals surface area (Å²) in [6.45, 7) is 3.44. The summed E-state index contributed by atoms with van der Waals surface area (Å²) in [7, 11) is 0. The standard InChI is InChI=1S/C4H7NS/c1-3-4-5-6-2/h3-4H,1H2,2H3/b5-4-. The third-order valence-electron chi connectivity index (χ3n) is 0.272. The normalized spacial score (nSPS) is 9.50. The van der Waals surface area contributed by atoms with Crippen molar-refractivity contribution < 1.29 is 0 Å². The smallest absolute Gasteiger partial charge is 0.0345 e. The molecule has 0 amide bonds. The number of allylic oxidation sites excluding steroid dienone is 1. The van der Waals surface area contributed by atoms with Crippen molar-refractivity contribution in [1.82, 2.24) is 0 Å². The van der Waals surface area contributed by atoms with Gasteiger partial charge < -0.3 is 0 Å². The van der Waals surface area contributed by atoms with Gasteiger partial charge in [-0.3, -0.25) is 0 Å². The van der Waals surface area contributed by atoms with Gasteiger partial charge in [0.25, 0.3) is 0 Å². The van der Waals surface area contributed by atoms with Crippen molar-refractivity contribution in [2.45, 2.75) is 0 Å². The molecular weight excluding hydrogens is 94.1 g/mol. The Bertz CT molecular complexity index is 58.6. The third-order valence-corrected chi connectivity index (χ3v) is 0.604. The van der Waals surface area contributed by atoms with Gasteiger partial charge in [-0.1, -0.05) is 12.7 Å². The van der Waals surface area contributed by atoms with Gasteiger partial charge in [-0.15, -0.1) is 0 Å². The lowest BCUT2D eigenvalue weighted by Gasteiger charge is -1.68. The van der Waals surface area contributed by atoms with Crippen molar-refractivity contribution in [2.75, 3.05) is 6.26 Å². The van der Waals surface area contributed by atoms with Gasteiger partial charge in [-0.05, 0) is 11.9 Å². The van der Waals surface area contributed by atoms with Crippen molar-refractivity contribution in [1.29, 1.82) is 0 Å². The number of nitrogens with zero attached hydrogens (tertiary/aromatic N) is 1. The highest BCUT2D eigenvalue weighted by Crippen LogP contribution is 1.87. The lowest BCUT2D eigenvalue weighted by molar-refractivity contribution is 1.97. The Morgan fingerprint density at radius 1 is 1.83 bits per heavy atom. The fourth-order valence-corrected chi connectivity index (χ4v) is 0.312. The molecule has 0 aromatic carbocycles. The van der Waals surface area contributed by atoms with Crippen LogP contribution in [-0.2, 0) is 0 Å². The van der Waals surface area contributed by atoms with Crippen LogP contribution < -0.4 is 0 Å². The zero-order chi connectivity index (χ0) is 4.83. The van der Waals surface area contributed by atoms with Crippen molar-refractivity contribution in [3.63, 3.8) is 0 Å². The maximum Gasteiger partial charge on any atom is 0.0345 e. The van der Waals surface area contributed by atoms with Gasteiger partial charge in [0.15, 0.2) is 0 Å². The highest BCUT2D eigenvalue weighted by molar-refractivity contribution is 7.97. The van der Waals surface area contributed by atoms with Crippen LogP contribution in [0.15, 0.2) is 17.1 Å². The SMILES string of the molecule is C=C/C=N\SC. The lowest BCUT2D eigenvalue weighted by Crippen LogP contribution is -1.51. The predicted molar refractivity (Wildman–Crippen MR) is 32.2 cm³/mol. The first kappa shape index (κ1) is 5.76. The third kappa shape index (κ3) is 3.76. The minimum atomic E-state index is 1.42. The first-order valence-electron chi connectivity index (χ1n) is 1.59. The van der Waals surface area contributed by atoms with Crippen LogP contribution in [0, 0.1) is 0 Å². The monoisotopic (exact) mass is 101 g/mol. The molecule has 34 valence electrons. The summed E-state index contributed by atoms with van der Waals surface area (Å²) in [5, 5.41) is 0. The van der Waals surface area contributed by atoms with E-state index in [0.29, 0.717) is 0 Å². The molecule has 0 aliphatic carbocycles. The fourth-order valence-electron chi connectivity index (χ4n) is 0.104. The van der Waals surface area contributed by atoms with Crippen LogP contribution in [0.2, 0.25) is 0 Å². The lowest BCUT2D eigenvalue weighted by atomic mass is 10.7. The van der Waals surface area contributed by atoms with Crippen LogP contribution in [-0.4, -0.2) is 12.5 Å². The number of hydrogen-bond donors (Lipinski definition) is 0. The molecule has 0 aliphatic rings. The minimum Gasteiger partial charge on any atom is -0.225 e. The van der Waals surface area contributed by atoms with Gasteiger partial charge in [0.1, 0.15) is 0 Å². The van der Waals surface area contributed by atoms with E-state index in [1.807, 2.05) is 6.26 Å². The van der Waals surface area contributed by atoms with E-state index in [1.165, 1.54) is 11.9 Å². The number of rotatable bonds is 2. The summed E-state index contributed by atoms with van der Waals surface area (Å²) < 4.78 is 3.76. The number of hydrogen-bond acceptors (Lipinski definition) is 2. The molecule has 0 heterocycles. The maximum absolute atomic E-state index is 3.76. The molecule has 0 rings (SSSR count). The maximum atomic E-state index is 3.76. The second kappa shape index (κ2) is 4.76. The summed E-state index contributed by atoms with van der Waals surface area (Å²) in [5.41, 5.74) is 0. The summed E-state index contributed by atoms with van der Waals surface area (Å²) in [6.07, 6.45) is 5.21. The van der Waals surface area contributed by atoms with Crippen molar-refractivity contribution in [3.8, 4) is 0 Å². The van der Waals surface area contributed by atoms with E-state index < -0.39 is 0 Å². The average Bonchev–Trinajstić information content (AvgIpc) is 1.61. The van der Waals surface area contributed by atoms with E-state index in [2.05, 4.69) is 11.0 Å². The molecule has 0 N–H and O–H groups in total. The quantitative estimate of drug-likeness (QED) is 0.379. The van der Waals surface area contributed by atoms with Crippen LogP contribution in [0.25, 0.3) is 0 Å². The van der Waals surface area contributed by atoms with Crippen molar-refractivity contribution in [2.24, 2.45) is 4.40 Å². The summed E-state index contributed by atoms with van der Waals surface area (Å²) in [5.74, 6) is 0. The fraction of sp³-hybridized carbons (Fsp3) is 0.250. The first-order chi connectivity index (χ1) is 2.91. The molecule has 6 heavy (non-hydrogen) atoms. The molecule has 0 aliphatic heterocycles.